The fourth-order valence-electron chi connectivity index (χ4n) is 1.56. The minimum absolute atomic E-state index is 0.487. The van der Waals surface area contributed by atoms with Gasteiger partial charge in [-0.25, -0.2) is 15.0 Å². The molecular weight excluding hydrogens is 252 g/mol. The summed E-state index contributed by atoms with van der Waals surface area (Å²) < 4.78 is 1.69. The molecule has 0 unspecified atom stereocenters. The predicted molar refractivity (Wildman–Crippen MR) is 69.7 cm³/mol. The molecule has 0 aliphatic rings. The van der Waals surface area contributed by atoms with E-state index in [0.29, 0.717) is 17.5 Å². The molecule has 0 amide bonds. The number of aromatic nitrogens is 5. The summed E-state index contributed by atoms with van der Waals surface area (Å²) in [7, 11) is 1.85. The average molecular weight is 267 g/mol. The third kappa shape index (κ3) is 2.95. The van der Waals surface area contributed by atoms with Gasteiger partial charge in [-0.15, -0.1) is 0 Å². The Kier molecular flexibility index (Phi) is 3.76. The van der Waals surface area contributed by atoms with Crippen molar-refractivity contribution in [3.63, 3.8) is 0 Å². The third-order valence-corrected chi connectivity index (χ3v) is 2.85. The van der Waals surface area contributed by atoms with E-state index in [-0.39, 0.29) is 0 Å². The highest BCUT2D eigenvalue weighted by molar-refractivity contribution is 6.30. The van der Waals surface area contributed by atoms with Crippen molar-refractivity contribution in [3.8, 4) is 0 Å². The molecule has 2 heterocycles. The predicted octanol–water partition coefficient (Wildman–Crippen LogP) is 1.53. The first kappa shape index (κ1) is 12.8. The van der Waals surface area contributed by atoms with E-state index in [1.54, 1.807) is 11.0 Å². The van der Waals surface area contributed by atoms with Crippen molar-refractivity contribution in [2.45, 2.75) is 20.3 Å². The number of nitrogens with one attached hydrogen (secondary N) is 1. The molecule has 0 aliphatic carbocycles. The molecule has 0 aliphatic heterocycles. The second kappa shape index (κ2) is 5.30. The molecule has 1 N–H and O–H groups in total. The van der Waals surface area contributed by atoms with Gasteiger partial charge in [-0.05, 0) is 13.8 Å². The second-order valence-corrected chi connectivity index (χ2v) is 4.40. The molecule has 0 saturated carbocycles. The lowest BCUT2D eigenvalue weighted by Crippen LogP contribution is -2.10. The van der Waals surface area contributed by atoms with Crippen LogP contribution in [0.3, 0.4) is 0 Å². The van der Waals surface area contributed by atoms with Crippen LogP contribution in [0.1, 0.15) is 17.2 Å². The van der Waals surface area contributed by atoms with Gasteiger partial charge >= 0.3 is 0 Å². The molecule has 18 heavy (non-hydrogen) atoms. The number of halogens is 1. The van der Waals surface area contributed by atoms with Crippen LogP contribution in [0.4, 0.5) is 5.82 Å². The summed E-state index contributed by atoms with van der Waals surface area (Å²) in [5.41, 5.74) is 0.858. The van der Waals surface area contributed by atoms with Crippen molar-refractivity contribution in [2.24, 2.45) is 7.05 Å². The van der Waals surface area contributed by atoms with Crippen LogP contribution < -0.4 is 5.32 Å². The molecule has 6 nitrogen and oxygen atoms in total. The van der Waals surface area contributed by atoms with Crippen LogP contribution in [0.5, 0.6) is 0 Å². The van der Waals surface area contributed by atoms with Crippen LogP contribution in [0, 0.1) is 13.8 Å². The average Bonchev–Trinajstić information content (AvgIpc) is 2.71. The molecule has 2 rings (SSSR count). The van der Waals surface area contributed by atoms with Crippen molar-refractivity contribution in [2.75, 3.05) is 11.9 Å². The largest absolute Gasteiger partial charge is 0.369 e. The van der Waals surface area contributed by atoms with Crippen LogP contribution in [0.2, 0.25) is 5.15 Å². The summed E-state index contributed by atoms with van der Waals surface area (Å²) in [5.74, 6) is 2.23. The first-order chi connectivity index (χ1) is 8.56. The lowest BCUT2D eigenvalue weighted by atomic mass is 10.3. The molecule has 0 bridgehead atoms. The van der Waals surface area contributed by atoms with Crippen LogP contribution in [-0.2, 0) is 13.5 Å². The summed E-state index contributed by atoms with van der Waals surface area (Å²) in [6.45, 7) is 4.41. The highest BCUT2D eigenvalue weighted by Crippen LogP contribution is 2.19. The molecule has 0 atom stereocenters. The van der Waals surface area contributed by atoms with E-state index in [0.717, 1.165) is 23.6 Å². The molecule has 2 aromatic heterocycles. The van der Waals surface area contributed by atoms with Crippen molar-refractivity contribution in [1.29, 1.82) is 0 Å². The van der Waals surface area contributed by atoms with Gasteiger partial charge in [0.2, 0.25) is 0 Å². The van der Waals surface area contributed by atoms with Crippen molar-refractivity contribution >= 4 is 17.4 Å². The maximum atomic E-state index is 6.00. The molecule has 0 spiro atoms. The molecule has 0 aromatic carbocycles. The molecule has 7 heteroatoms. The van der Waals surface area contributed by atoms with Crippen LogP contribution in [0.25, 0.3) is 0 Å². The highest BCUT2D eigenvalue weighted by atomic mass is 35.5. The van der Waals surface area contributed by atoms with Crippen LogP contribution in [-0.4, -0.2) is 31.3 Å². The topological polar surface area (TPSA) is 68.5 Å². The highest BCUT2D eigenvalue weighted by Gasteiger charge is 2.07. The maximum absolute atomic E-state index is 6.00. The maximum Gasteiger partial charge on any atom is 0.152 e. The summed E-state index contributed by atoms with van der Waals surface area (Å²) in [5, 5.41) is 7.92. The summed E-state index contributed by atoms with van der Waals surface area (Å²) in [6, 6.07) is 0. The van der Waals surface area contributed by atoms with Crippen molar-refractivity contribution in [1.82, 2.24) is 24.7 Å². The number of hydrogen-bond donors (Lipinski definition) is 1. The zero-order chi connectivity index (χ0) is 13.1. The van der Waals surface area contributed by atoms with E-state index in [1.165, 1.54) is 0 Å². The van der Waals surface area contributed by atoms with Gasteiger partial charge in [0.15, 0.2) is 5.82 Å². The van der Waals surface area contributed by atoms with Gasteiger partial charge in [-0.1, -0.05) is 11.6 Å². The zero-order valence-electron chi connectivity index (χ0n) is 10.6. The lowest BCUT2D eigenvalue weighted by Gasteiger charge is -2.09. The number of aryl methyl sites for hydroxylation is 2. The van der Waals surface area contributed by atoms with E-state index in [1.807, 2.05) is 20.9 Å². The molecule has 0 fully saturated rings. The van der Waals surface area contributed by atoms with E-state index in [4.69, 9.17) is 11.6 Å². The monoisotopic (exact) mass is 266 g/mol. The van der Waals surface area contributed by atoms with E-state index in [9.17, 15) is 0 Å². The fourth-order valence-corrected chi connectivity index (χ4v) is 1.77. The van der Waals surface area contributed by atoms with Crippen molar-refractivity contribution < 1.29 is 0 Å². The lowest BCUT2D eigenvalue weighted by molar-refractivity contribution is 0.741. The Morgan fingerprint density at radius 1 is 1.33 bits per heavy atom. The number of rotatable bonds is 4. The Balaban J connectivity index is 1.98. The minimum atomic E-state index is 0.487. The minimum Gasteiger partial charge on any atom is -0.369 e. The Hall–Kier alpha value is -1.69. The normalized spacial score (nSPS) is 10.7. The van der Waals surface area contributed by atoms with Crippen LogP contribution >= 0.6 is 11.6 Å². The number of hydrogen-bond acceptors (Lipinski definition) is 5. The Labute approximate surface area is 110 Å². The van der Waals surface area contributed by atoms with E-state index >= 15 is 0 Å². The number of anilines is 1. The van der Waals surface area contributed by atoms with Gasteiger partial charge in [-0.3, -0.25) is 4.68 Å². The molecule has 0 saturated heterocycles. The van der Waals surface area contributed by atoms with Crippen LogP contribution in [0.15, 0.2) is 6.33 Å². The standard InChI is InChI=1S/C11H15ClN6/c1-7-10(12)15-8(2)16-11(7)13-5-4-9-14-6-18(3)17-9/h6H,4-5H2,1-3H3,(H,13,15,16). The summed E-state index contributed by atoms with van der Waals surface area (Å²) in [4.78, 5) is 12.6. The Morgan fingerprint density at radius 3 is 2.78 bits per heavy atom. The molecular formula is C11H15ClN6. The van der Waals surface area contributed by atoms with Gasteiger partial charge in [0, 0.05) is 25.6 Å². The quantitative estimate of drug-likeness (QED) is 0.850. The zero-order valence-corrected chi connectivity index (χ0v) is 11.4. The van der Waals surface area contributed by atoms with Gasteiger partial charge in [0.1, 0.15) is 23.1 Å². The Bertz CT molecular complexity index is 550. The molecule has 96 valence electrons. The summed E-state index contributed by atoms with van der Waals surface area (Å²) >= 11 is 6.00. The van der Waals surface area contributed by atoms with E-state index in [2.05, 4.69) is 25.4 Å². The van der Waals surface area contributed by atoms with E-state index < -0.39 is 0 Å². The third-order valence-electron chi connectivity index (χ3n) is 2.49. The van der Waals surface area contributed by atoms with Gasteiger partial charge in [0.25, 0.3) is 0 Å². The fraction of sp³-hybridized carbons (Fsp3) is 0.455. The molecule has 0 radical (unpaired) electrons. The van der Waals surface area contributed by atoms with Gasteiger partial charge < -0.3 is 5.32 Å². The SMILES string of the molecule is Cc1nc(Cl)c(C)c(NCCc2ncn(C)n2)n1. The Morgan fingerprint density at radius 2 is 2.11 bits per heavy atom. The first-order valence-corrected chi connectivity index (χ1v) is 6.03. The first-order valence-electron chi connectivity index (χ1n) is 5.65. The smallest absolute Gasteiger partial charge is 0.152 e. The van der Waals surface area contributed by atoms with Crippen molar-refractivity contribution in [3.05, 3.63) is 28.7 Å². The van der Waals surface area contributed by atoms with Gasteiger partial charge in [0.05, 0.1) is 0 Å². The second-order valence-electron chi connectivity index (χ2n) is 4.05. The summed E-state index contributed by atoms with van der Waals surface area (Å²) in [6.07, 6.45) is 2.42. The molecule has 2 aromatic rings. The van der Waals surface area contributed by atoms with Gasteiger partial charge in [-0.2, -0.15) is 5.10 Å². The number of nitrogens with zero attached hydrogens (tertiary/aromatic N) is 5.